The van der Waals surface area contributed by atoms with Crippen molar-refractivity contribution < 1.29 is 14.4 Å². The topological polar surface area (TPSA) is 47.6 Å². The first kappa shape index (κ1) is 10.1. The molecule has 74 valence electrons. The van der Waals surface area contributed by atoms with Gasteiger partial charge in [-0.05, 0) is 12.8 Å². The van der Waals surface area contributed by atoms with Gasteiger partial charge in [-0.15, -0.1) is 0 Å². The minimum atomic E-state index is -0.181. The summed E-state index contributed by atoms with van der Waals surface area (Å²) < 4.78 is 5.37. The van der Waals surface area contributed by atoms with Gasteiger partial charge in [-0.2, -0.15) is 0 Å². The highest BCUT2D eigenvalue weighted by atomic mass is 16.6. The van der Waals surface area contributed by atoms with Gasteiger partial charge in [0.2, 0.25) is 0 Å². The van der Waals surface area contributed by atoms with E-state index in [4.69, 9.17) is 4.74 Å². The molecule has 4 nitrogen and oxygen atoms in total. The molecule has 4 heteroatoms. The number of hydrogen-bond donors (Lipinski definition) is 1. The zero-order valence-corrected chi connectivity index (χ0v) is 8.05. The summed E-state index contributed by atoms with van der Waals surface area (Å²) in [7, 11) is 1.42. The van der Waals surface area contributed by atoms with Gasteiger partial charge in [-0.1, -0.05) is 6.92 Å². The van der Waals surface area contributed by atoms with Crippen molar-refractivity contribution in [2.24, 2.45) is 0 Å². The molecule has 0 saturated heterocycles. The highest BCUT2D eigenvalue weighted by molar-refractivity contribution is 5.93. The Hall–Kier alpha value is -1.03. The number of hydroxylamine groups is 1. The molecule has 0 bridgehead atoms. The Morgan fingerprint density at radius 1 is 1.69 bits per heavy atom. The van der Waals surface area contributed by atoms with E-state index in [2.05, 4.69) is 10.3 Å². The van der Waals surface area contributed by atoms with Gasteiger partial charge < -0.3 is 4.74 Å². The Bertz CT molecular complexity index is 223. The van der Waals surface area contributed by atoms with Crippen molar-refractivity contribution in [3.05, 3.63) is 11.3 Å². The number of ether oxygens (including phenoxy) is 1. The largest absolute Gasteiger partial charge is 0.497 e. The lowest BCUT2D eigenvalue weighted by Crippen LogP contribution is -2.26. The maximum atomic E-state index is 11.4. The van der Waals surface area contributed by atoms with Crippen LogP contribution in [0.15, 0.2) is 11.3 Å². The molecule has 1 aliphatic rings. The van der Waals surface area contributed by atoms with Crippen LogP contribution < -0.4 is 5.48 Å². The molecule has 0 aliphatic carbocycles. The first-order valence-electron chi connectivity index (χ1n) is 4.47. The minimum absolute atomic E-state index is 0.181. The van der Waals surface area contributed by atoms with E-state index in [1.807, 2.05) is 6.92 Å². The molecule has 13 heavy (non-hydrogen) atoms. The number of hydrogen-bond acceptors (Lipinski definition) is 3. The van der Waals surface area contributed by atoms with Crippen molar-refractivity contribution in [2.75, 3.05) is 13.7 Å². The molecule has 0 atom stereocenters. The van der Waals surface area contributed by atoms with Crippen LogP contribution >= 0.6 is 0 Å². The van der Waals surface area contributed by atoms with Crippen molar-refractivity contribution in [3.8, 4) is 0 Å². The fourth-order valence-electron chi connectivity index (χ4n) is 1.38. The van der Waals surface area contributed by atoms with E-state index in [9.17, 15) is 4.79 Å². The van der Waals surface area contributed by atoms with Crippen molar-refractivity contribution in [1.82, 2.24) is 5.48 Å². The molecule has 1 heterocycles. The predicted octanol–water partition coefficient (Wildman–Crippen LogP) is 1.14. The minimum Gasteiger partial charge on any atom is -0.497 e. The zero-order chi connectivity index (χ0) is 9.68. The standard InChI is InChI=1S/C9H15NO3/c1-3-8-7(5-4-6-13-8)9(11)10-12-2/h3-6H2,1-2H3,(H,10,11). The zero-order valence-electron chi connectivity index (χ0n) is 8.05. The third kappa shape index (κ3) is 2.45. The number of amides is 1. The quantitative estimate of drug-likeness (QED) is 0.671. The van der Waals surface area contributed by atoms with Gasteiger partial charge >= 0.3 is 0 Å². The van der Waals surface area contributed by atoms with Crippen LogP contribution in [0.1, 0.15) is 26.2 Å². The van der Waals surface area contributed by atoms with Gasteiger partial charge in [-0.25, -0.2) is 5.48 Å². The Morgan fingerprint density at radius 3 is 3.08 bits per heavy atom. The molecule has 0 spiro atoms. The summed E-state index contributed by atoms with van der Waals surface area (Å²) >= 11 is 0. The van der Waals surface area contributed by atoms with Crippen LogP contribution in [-0.4, -0.2) is 19.6 Å². The summed E-state index contributed by atoms with van der Waals surface area (Å²) in [4.78, 5) is 16.0. The Kier molecular flexibility index (Phi) is 3.76. The molecule has 0 aromatic heterocycles. The van der Waals surface area contributed by atoms with Crippen LogP contribution in [0.5, 0.6) is 0 Å². The fraction of sp³-hybridized carbons (Fsp3) is 0.667. The van der Waals surface area contributed by atoms with Crippen molar-refractivity contribution in [1.29, 1.82) is 0 Å². The second-order valence-electron chi connectivity index (χ2n) is 2.84. The number of rotatable bonds is 3. The van der Waals surface area contributed by atoms with Crippen LogP contribution in [0.25, 0.3) is 0 Å². The molecule has 0 unspecified atom stereocenters. The average molecular weight is 185 g/mol. The van der Waals surface area contributed by atoms with Gasteiger partial charge in [-0.3, -0.25) is 9.63 Å². The maximum Gasteiger partial charge on any atom is 0.274 e. The first-order chi connectivity index (χ1) is 6.29. The van der Waals surface area contributed by atoms with Gasteiger partial charge in [0.15, 0.2) is 0 Å². The second-order valence-corrected chi connectivity index (χ2v) is 2.84. The van der Waals surface area contributed by atoms with Crippen molar-refractivity contribution in [2.45, 2.75) is 26.2 Å². The summed E-state index contributed by atoms with van der Waals surface area (Å²) in [5.74, 6) is 0.611. The lowest BCUT2D eigenvalue weighted by Gasteiger charge is -2.19. The second kappa shape index (κ2) is 4.87. The molecule has 0 fully saturated rings. The van der Waals surface area contributed by atoms with E-state index in [0.29, 0.717) is 6.61 Å². The van der Waals surface area contributed by atoms with Gasteiger partial charge in [0.05, 0.1) is 19.3 Å². The third-order valence-electron chi connectivity index (χ3n) is 1.97. The Labute approximate surface area is 77.9 Å². The normalized spacial score (nSPS) is 16.8. The molecule has 1 amide bonds. The van der Waals surface area contributed by atoms with Crippen molar-refractivity contribution in [3.63, 3.8) is 0 Å². The highest BCUT2D eigenvalue weighted by Crippen LogP contribution is 2.21. The summed E-state index contributed by atoms with van der Waals surface area (Å²) in [6.07, 6.45) is 2.43. The van der Waals surface area contributed by atoms with Gasteiger partial charge in [0.25, 0.3) is 5.91 Å². The third-order valence-corrected chi connectivity index (χ3v) is 1.97. The van der Waals surface area contributed by atoms with Crippen LogP contribution in [0.4, 0.5) is 0 Å². The van der Waals surface area contributed by atoms with Crippen LogP contribution in [0.3, 0.4) is 0 Å². The molecule has 0 saturated carbocycles. The molecule has 1 aliphatic heterocycles. The number of carbonyl (C=O) groups excluding carboxylic acids is 1. The van der Waals surface area contributed by atoms with Gasteiger partial charge in [0.1, 0.15) is 5.76 Å². The van der Waals surface area contributed by atoms with E-state index >= 15 is 0 Å². The van der Waals surface area contributed by atoms with E-state index in [1.54, 1.807) is 0 Å². The monoisotopic (exact) mass is 185 g/mol. The lowest BCUT2D eigenvalue weighted by atomic mass is 10.1. The Morgan fingerprint density at radius 2 is 2.46 bits per heavy atom. The lowest BCUT2D eigenvalue weighted by molar-refractivity contribution is -0.128. The number of carbonyl (C=O) groups is 1. The molecule has 0 aromatic carbocycles. The number of allylic oxidation sites excluding steroid dienone is 1. The smallest absolute Gasteiger partial charge is 0.274 e. The van der Waals surface area contributed by atoms with E-state index in [-0.39, 0.29) is 5.91 Å². The first-order valence-corrected chi connectivity index (χ1v) is 4.47. The van der Waals surface area contributed by atoms with Crippen LogP contribution in [-0.2, 0) is 14.4 Å². The molecule has 1 rings (SSSR count). The summed E-state index contributed by atoms with van der Waals surface area (Å²) in [6.45, 7) is 2.69. The SMILES string of the molecule is CCC1=C(C(=O)NOC)CCCO1. The van der Waals surface area contributed by atoms with E-state index < -0.39 is 0 Å². The maximum absolute atomic E-state index is 11.4. The molecule has 0 aromatic rings. The highest BCUT2D eigenvalue weighted by Gasteiger charge is 2.18. The predicted molar refractivity (Wildman–Crippen MR) is 47.7 cm³/mol. The van der Waals surface area contributed by atoms with E-state index in [0.717, 1.165) is 30.6 Å². The summed E-state index contributed by atoms with van der Waals surface area (Å²) in [5, 5.41) is 0. The Balaban J connectivity index is 2.72. The summed E-state index contributed by atoms with van der Waals surface area (Å²) in [5.41, 5.74) is 3.02. The molecular formula is C9H15NO3. The molecule has 1 N–H and O–H groups in total. The fourth-order valence-corrected chi connectivity index (χ4v) is 1.38. The van der Waals surface area contributed by atoms with E-state index in [1.165, 1.54) is 7.11 Å². The average Bonchev–Trinajstić information content (AvgIpc) is 2.18. The molecule has 0 radical (unpaired) electrons. The molecular weight excluding hydrogens is 170 g/mol. The number of nitrogens with one attached hydrogen (secondary N) is 1. The van der Waals surface area contributed by atoms with Crippen LogP contribution in [0.2, 0.25) is 0 Å². The van der Waals surface area contributed by atoms with Crippen molar-refractivity contribution >= 4 is 5.91 Å². The van der Waals surface area contributed by atoms with Gasteiger partial charge in [0, 0.05) is 6.42 Å². The summed E-state index contributed by atoms with van der Waals surface area (Å²) in [6, 6.07) is 0. The van der Waals surface area contributed by atoms with Crippen LogP contribution in [0, 0.1) is 0 Å².